The Balaban J connectivity index is 1.76. The molecule has 2 amide bonds. The maximum absolute atomic E-state index is 13.7. The molecule has 0 heterocycles. The van der Waals surface area contributed by atoms with Gasteiger partial charge in [0.1, 0.15) is 17.5 Å². The fourth-order valence-electron chi connectivity index (χ4n) is 5.58. The molecule has 0 aliphatic rings. The van der Waals surface area contributed by atoms with Crippen LogP contribution in [0.2, 0.25) is 0 Å². The second kappa shape index (κ2) is 18.0. The highest BCUT2D eigenvalue weighted by Crippen LogP contribution is 2.23. The highest BCUT2D eigenvalue weighted by atomic mass is 32.2. The Morgan fingerprint density at radius 2 is 1.46 bits per heavy atom. The number of aryl methyl sites for hydroxylation is 2. The van der Waals surface area contributed by atoms with Crippen LogP contribution in [0.25, 0.3) is 0 Å². The first-order chi connectivity index (χ1) is 22.7. The summed E-state index contributed by atoms with van der Waals surface area (Å²) < 4.78 is 40.0. The molecule has 0 unspecified atom stereocenters. The number of carbonyl (C=O) groups excluding carboxylic acids is 2. The predicted octanol–water partition coefficient (Wildman–Crippen LogP) is 4.70. The molecule has 0 aromatic heterocycles. The number of aliphatic hydroxyl groups excluding tert-OH is 1. The minimum Gasteiger partial charge on any atom is -0.497 e. The molecule has 3 aromatic carbocycles. The summed E-state index contributed by atoms with van der Waals surface area (Å²) in [5.74, 6) is 0.0710. The van der Waals surface area contributed by atoms with Crippen LogP contribution in [0.15, 0.2) is 77.7 Å². The van der Waals surface area contributed by atoms with Gasteiger partial charge in [-0.3, -0.25) is 9.59 Å². The molecule has 0 saturated heterocycles. The molecule has 10 nitrogen and oxygen atoms in total. The summed E-state index contributed by atoms with van der Waals surface area (Å²) in [4.78, 5) is 26.8. The zero-order valence-electron chi connectivity index (χ0n) is 29.0. The summed E-state index contributed by atoms with van der Waals surface area (Å²) in [6, 6.07) is 19.0. The van der Waals surface area contributed by atoms with Crippen LogP contribution in [0, 0.1) is 25.7 Å². The largest absolute Gasteiger partial charge is 0.497 e. The average molecular weight is 682 g/mol. The Kier molecular flexibility index (Phi) is 14.4. The second-order valence-electron chi connectivity index (χ2n) is 13.0. The van der Waals surface area contributed by atoms with Gasteiger partial charge in [0.2, 0.25) is 15.9 Å². The number of nitrogens with one attached hydrogen (secondary N) is 3. The van der Waals surface area contributed by atoms with E-state index in [-0.39, 0.29) is 35.7 Å². The zero-order chi connectivity index (χ0) is 35.4. The van der Waals surface area contributed by atoms with Gasteiger partial charge < -0.3 is 25.2 Å². The van der Waals surface area contributed by atoms with E-state index < -0.39 is 40.2 Å². The third-order valence-corrected chi connectivity index (χ3v) is 9.55. The summed E-state index contributed by atoms with van der Waals surface area (Å²) in [5.41, 5.74) is 2.76. The van der Waals surface area contributed by atoms with Crippen LogP contribution in [-0.2, 0) is 26.0 Å². The normalized spacial score (nSPS) is 14.2. The number of ether oxygens (including phenoxy) is 2. The van der Waals surface area contributed by atoms with Crippen molar-refractivity contribution in [3.05, 3.63) is 89.5 Å². The molecule has 48 heavy (non-hydrogen) atoms. The van der Waals surface area contributed by atoms with E-state index in [1.807, 2.05) is 76.2 Å². The van der Waals surface area contributed by atoms with E-state index in [4.69, 9.17) is 9.47 Å². The lowest BCUT2D eigenvalue weighted by atomic mass is 9.92. The number of aliphatic hydroxyl groups is 1. The van der Waals surface area contributed by atoms with Crippen LogP contribution >= 0.6 is 0 Å². The van der Waals surface area contributed by atoms with Gasteiger partial charge in [0.25, 0.3) is 5.91 Å². The van der Waals surface area contributed by atoms with Crippen molar-refractivity contribution in [3.8, 4) is 11.5 Å². The van der Waals surface area contributed by atoms with Crippen LogP contribution in [0.3, 0.4) is 0 Å². The number of benzene rings is 3. The second-order valence-corrected chi connectivity index (χ2v) is 14.7. The fourth-order valence-corrected chi connectivity index (χ4v) is 6.92. The lowest BCUT2D eigenvalue weighted by molar-refractivity contribution is -0.126. The van der Waals surface area contributed by atoms with E-state index in [1.54, 1.807) is 26.0 Å². The van der Waals surface area contributed by atoms with Crippen molar-refractivity contribution in [3.63, 3.8) is 0 Å². The van der Waals surface area contributed by atoms with Crippen molar-refractivity contribution in [2.75, 3.05) is 13.7 Å². The van der Waals surface area contributed by atoms with Gasteiger partial charge in [-0.05, 0) is 85.9 Å². The van der Waals surface area contributed by atoms with Gasteiger partial charge >= 0.3 is 0 Å². The van der Waals surface area contributed by atoms with E-state index in [0.29, 0.717) is 24.3 Å². The molecule has 0 spiro atoms. The summed E-state index contributed by atoms with van der Waals surface area (Å²) in [7, 11) is -2.53. The van der Waals surface area contributed by atoms with Crippen molar-refractivity contribution in [2.24, 2.45) is 11.8 Å². The molecule has 3 aromatic rings. The first-order valence-electron chi connectivity index (χ1n) is 16.4. The van der Waals surface area contributed by atoms with Crippen LogP contribution in [-0.4, -0.2) is 63.3 Å². The van der Waals surface area contributed by atoms with Gasteiger partial charge in [0.15, 0.2) is 6.61 Å². The van der Waals surface area contributed by atoms with Crippen LogP contribution in [0.1, 0.15) is 57.2 Å². The van der Waals surface area contributed by atoms with Crippen LogP contribution in [0.5, 0.6) is 11.5 Å². The number of rotatable bonds is 18. The topological polar surface area (TPSA) is 143 Å². The van der Waals surface area contributed by atoms with Gasteiger partial charge in [-0.1, -0.05) is 76.2 Å². The van der Waals surface area contributed by atoms with Crippen molar-refractivity contribution in [1.82, 2.24) is 15.4 Å². The number of methoxy groups -OCH3 is 1. The Morgan fingerprint density at radius 3 is 2.02 bits per heavy atom. The van der Waals surface area contributed by atoms with Crippen LogP contribution in [0.4, 0.5) is 0 Å². The molecule has 0 radical (unpaired) electrons. The molecule has 0 saturated carbocycles. The minimum atomic E-state index is -4.02. The molecule has 4 atom stereocenters. The van der Waals surface area contributed by atoms with E-state index in [0.717, 1.165) is 16.7 Å². The van der Waals surface area contributed by atoms with Crippen molar-refractivity contribution in [2.45, 2.75) is 89.9 Å². The molecule has 3 rings (SSSR count). The third-order valence-electron chi connectivity index (χ3n) is 8.09. The molecule has 11 heteroatoms. The lowest BCUT2D eigenvalue weighted by Gasteiger charge is -2.31. The lowest BCUT2D eigenvalue weighted by Crippen LogP contribution is -2.54. The number of para-hydroxylation sites is 1. The van der Waals surface area contributed by atoms with Gasteiger partial charge in [0, 0.05) is 6.04 Å². The van der Waals surface area contributed by atoms with E-state index in [1.165, 1.54) is 19.2 Å². The molecule has 262 valence electrons. The standard InChI is InChI=1S/C37H51N3O7S/c1-24(2)20-29(38-37(43)35(25(3)4)40-48(44,45)31-18-16-30(46-7)17-19-31)22-33(41)32(21-28-14-9-8-10-15-28)39-34(42)23-47-36-26(5)12-11-13-27(36)6/h8-19,24-25,29,32-33,35,40-41H,20-23H2,1-7H3,(H,38,43)(H,39,42)/t29-,32-,33-,35-/m0/s1. The average Bonchev–Trinajstić information content (AvgIpc) is 3.03. The summed E-state index contributed by atoms with van der Waals surface area (Å²) in [5, 5.41) is 17.5. The zero-order valence-corrected chi connectivity index (χ0v) is 29.8. The molecule has 0 bridgehead atoms. The van der Waals surface area contributed by atoms with E-state index >= 15 is 0 Å². The molecule has 0 fully saturated rings. The molecular formula is C37H51N3O7S. The maximum atomic E-state index is 13.7. The summed E-state index contributed by atoms with van der Waals surface area (Å²) in [6.07, 6.45) is -0.0157. The quantitative estimate of drug-likeness (QED) is 0.152. The Bertz CT molecular complexity index is 1560. The Hall–Kier alpha value is -3.93. The van der Waals surface area contributed by atoms with Gasteiger partial charge in [-0.2, -0.15) is 4.72 Å². The Morgan fingerprint density at radius 1 is 0.833 bits per heavy atom. The van der Waals surface area contributed by atoms with Gasteiger partial charge in [0.05, 0.1) is 24.2 Å². The van der Waals surface area contributed by atoms with Crippen LogP contribution < -0.4 is 24.8 Å². The monoisotopic (exact) mass is 681 g/mol. The first kappa shape index (κ1) is 38.5. The molecule has 4 N–H and O–H groups in total. The van der Waals surface area contributed by atoms with Crippen molar-refractivity contribution < 1.29 is 32.6 Å². The molecular weight excluding hydrogens is 630 g/mol. The third kappa shape index (κ3) is 11.6. The number of hydrogen-bond donors (Lipinski definition) is 4. The SMILES string of the molecule is COc1ccc(S(=O)(=O)N[C@H](C(=O)N[C@@H](CC(C)C)C[C@H](O)[C@H](Cc2ccccc2)NC(=O)COc2c(C)cccc2C)C(C)C)cc1. The predicted molar refractivity (Wildman–Crippen MR) is 187 cm³/mol. The highest BCUT2D eigenvalue weighted by molar-refractivity contribution is 7.89. The van der Waals surface area contributed by atoms with E-state index in [9.17, 15) is 23.1 Å². The number of hydrogen-bond acceptors (Lipinski definition) is 7. The van der Waals surface area contributed by atoms with Gasteiger partial charge in [-0.15, -0.1) is 0 Å². The fraction of sp³-hybridized carbons (Fsp3) is 0.459. The highest BCUT2D eigenvalue weighted by Gasteiger charge is 2.32. The molecule has 0 aliphatic carbocycles. The number of sulfonamides is 1. The number of amides is 2. The van der Waals surface area contributed by atoms with Crippen molar-refractivity contribution in [1.29, 1.82) is 0 Å². The number of carbonyl (C=O) groups is 2. The maximum Gasteiger partial charge on any atom is 0.258 e. The summed E-state index contributed by atoms with van der Waals surface area (Å²) in [6.45, 7) is 11.1. The summed E-state index contributed by atoms with van der Waals surface area (Å²) >= 11 is 0. The first-order valence-corrected chi connectivity index (χ1v) is 17.9. The van der Waals surface area contributed by atoms with E-state index in [2.05, 4.69) is 15.4 Å². The minimum absolute atomic E-state index is 0.0111. The Labute approximate surface area is 285 Å². The van der Waals surface area contributed by atoms with Gasteiger partial charge in [-0.25, -0.2) is 8.42 Å². The molecule has 0 aliphatic heterocycles. The smallest absolute Gasteiger partial charge is 0.258 e. The van der Waals surface area contributed by atoms with Crippen molar-refractivity contribution >= 4 is 21.8 Å².